The molecular formula is C12H14ClF4NO. The van der Waals surface area contributed by atoms with Gasteiger partial charge in [-0.1, -0.05) is 24.6 Å². The average Bonchev–Trinajstić information content (AvgIpc) is 2.35. The molecule has 0 aromatic heterocycles. The molecule has 0 bridgehead atoms. The van der Waals surface area contributed by atoms with E-state index in [1.54, 1.807) is 6.92 Å². The van der Waals surface area contributed by atoms with Crippen molar-refractivity contribution in [3.05, 3.63) is 28.8 Å². The van der Waals surface area contributed by atoms with Gasteiger partial charge in [-0.3, -0.25) is 0 Å². The van der Waals surface area contributed by atoms with Gasteiger partial charge in [-0.2, -0.15) is 8.78 Å². The van der Waals surface area contributed by atoms with Crippen LogP contribution in [0.1, 0.15) is 18.5 Å². The molecule has 1 rings (SSSR count). The molecule has 0 aliphatic rings. The molecule has 108 valence electrons. The quantitative estimate of drug-likeness (QED) is 0.804. The highest BCUT2D eigenvalue weighted by Crippen LogP contribution is 2.38. The normalized spacial score (nSPS) is 13.7. The summed E-state index contributed by atoms with van der Waals surface area (Å²) in [5.41, 5.74) is -0.0158. The number of hydrogen-bond acceptors (Lipinski definition) is 2. The Hall–Kier alpha value is -1.01. The second kappa shape index (κ2) is 6.43. The minimum absolute atomic E-state index is 0.0158. The van der Waals surface area contributed by atoms with Crippen LogP contribution in [0.5, 0.6) is 5.75 Å². The fraction of sp³-hybridized carbons (Fsp3) is 0.500. The monoisotopic (exact) mass is 299 g/mol. The van der Waals surface area contributed by atoms with Crippen molar-refractivity contribution in [2.24, 2.45) is 0 Å². The van der Waals surface area contributed by atoms with Crippen molar-refractivity contribution in [3.63, 3.8) is 0 Å². The number of rotatable bonds is 6. The lowest BCUT2D eigenvalue weighted by Crippen LogP contribution is -2.42. The van der Waals surface area contributed by atoms with Gasteiger partial charge in [0.2, 0.25) is 0 Å². The fourth-order valence-corrected chi connectivity index (χ4v) is 1.93. The Morgan fingerprint density at radius 1 is 1.37 bits per heavy atom. The highest BCUT2D eigenvalue weighted by molar-refractivity contribution is 6.32. The van der Waals surface area contributed by atoms with Gasteiger partial charge in [0.15, 0.2) is 0 Å². The minimum atomic E-state index is -4.19. The second-order valence-electron chi connectivity index (χ2n) is 3.86. The average molecular weight is 300 g/mol. The highest BCUT2D eigenvalue weighted by Gasteiger charge is 2.49. The molecule has 19 heavy (non-hydrogen) atoms. The van der Waals surface area contributed by atoms with Crippen LogP contribution in [0.15, 0.2) is 18.2 Å². The summed E-state index contributed by atoms with van der Waals surface area (Å²) in [6.07, 6.45) is -3.77. The lowest BCUT2D eigenvalue weighted by atomic mass is 10.0. The van der Waals surface area contributed by atoms with E-state index in [-0.39, 0.29) is 17.1 Å². The van der Waals surface area contributed by atoms with Crippen LogP contribution in [-0.4, -0.2) is 26.0 Å². The van der Waals surface area contributed by atoms with E-state index in [9.17, 15) is 17.6 Å². The SMILES string of the molecule is CCNC(c1ccc(OC)c(Cl)c1)C(F)(F)C(F)F. The summed E-state index contributed by atoms with van der Waals surface area (Å²) in [5, 5.41) is 2.45. The second-order valence-corrected chi connectivity index (χ2v) is 4.27. The van der Waals surface area contributed by atoms with E-state index in [1.165, 1.54) is 25.3 Å². The topological polar surface area (TPSA) is 21.3 Å². The summed E-state index contributed by atoms with van der Waals surface area (Å²) in [6, 6.07) is 2.04. The maximum absolute atomic E-state index is 13.5. The van der Waals surface area contributed by atoms with Crippen molar-refractivity contribution >= 4 is 11.6 Å². The van der Waals surface area contributed by atoms with Crippen molar-refractivity contribution in [1.29, 1.82) is 0 Å². The Labute approximate surface area is 113 Å². The smallest absolute Gasteiger partial charge is 0.326 e. The van der Waals surface area contributed by atoms with Crippen molar-refractivity contribution < 1.29 is 22.3 Å². The van der Waals surface area contributed by atoms with E-state index >= 15 is 0 Å². The number of methoxy groups -OCH3 is 1. The molecule has 0 saturated heterocycles. The number of nitrogens with one attached hydrogen (secondary N) is 1. The van der Waals surface area contributed by atoms with Crippen molar-refractivity contribution in [3.8, 4) is 5.75 Å². The zero-order valence-electron chi connectivity index (χ0n) is 10.4. The first-order valence-electron chi connectivity index (χ1n) is 5.57. The van der Waals surface area contributed by atoms with E-state index in [0.717, 1.165) is 0 Å². The predicted octanol–water partition coefficient (Wildman–Crippen LogP) is 3.90. The molecule has 0 amide bonds. The summed E-state index contributed by atoms with van der Waals surface area (Å²) >= 11 is 5.82. The summed E-state index contributed by atoms with van der Waals surface area (Å²) in [5.74, 6) is -3.89. The summed E-state index contributed by atoms with van der Waals surface area (Å²) in [4.78, 5) is 0. The van der Waals surface area contributed by atoms with Crippen LogP contribution < -0.4 is 10.1 Å². The third kappa shape index (κ3) is 3.51. The molecule has 1 aromatic carbocycles. The first-order valence-corrected chi connectivity index (χ1v) is 5.95. The Kier molecular flexibility index (Phi) is 5.43. The molecule has 0 spiro atoms. The summed E-state index contributed by atoms with van der Waals surface area (Å²) < 4.78 is 56.8. The van der Waals surface area contributed by atoms with E-state index in [1.807, 2.05) is 0 Å². The van der Waals surface area contributed by atoms with Gasteiger partial charge in [-0.15, -0.1) is 0 Å². The van der Waals surface area contributed by atoms with Gasteiger partial charge in [0.25, 0.3) is 0 Å². The lowest BCUT2D eigenvalue weighted by molar-refractivity contribution is -0.151. The van der Waals surface area contributed by atoms with Crippen LogP contribution in [0, 0.1) is 0 Å². The Morgan fingerprint density at radius 2 is 2.00 bits per heavy atom. The molecule has 0 heterocycles. The minimum Gasteiger partial charge on any atom is -0.495 e. The third-order valence-corrected chi connectivity index (χ3v) is 2.89. The van der Waals surface area contributed by atoms with E-state index in [0.29, 0.717) is 5.75 Å². The number of benzene rings is 1. The van der Waals surface area contributed by atoms with Gasteiger partial charge in [0.05, 0.1) is 12.1 Å². The fourth-order valence-electron chi connectivity index (χ4n) is 1.67. The van der Waals surface area contributed by atoms with Gasteiger partial charge in [-0.05, 0) is 24.2 Å². The number of hydrogen-bond donors (Lipinski definition) is 1. The molecule has 0 saturated carbocycles. The zero-order valence-corrected chi connectivity index (χ0v) is 11.1. The largest absolute Gasteiger partial charge is 0.495 e. The molecular weight excluding hydrogens is 286 g/mol. The van der Waals surface area contributed by atoms with Gasteiger partial charge < -0.3 is 10.1 Å². The lowest BCUT2D eigenvalue weighted by Gasteiger charge is -2.27. The van der Waals surface area contributed by atoms with Gasteiger partial charge in [-0.25, -0.2) is 8.78 Å². The Morgan fingerprint density at radius 3 is 2.42 bits per heavy atom. The molecule has 1 unspecified atom stereocenters. The Bertz CT molecular complexity index is 428. The number of halogens is 5. The standard InChI is InChI=1S/C12H14ClF4NO/c1-3-18-10(12(16,17)11(14)15)7-4-5-9(19-2)8(13)6-7/h4-6,10-11,18H,3H2,1-2H3. The van der Waals surface area contributed by atoms with Crippen LogP contribution >= 0.6 is 11.6 Å². The van der Waals surface area contributed by atoms with Gasteiger partial charge >= 0.3 is 12.3 Å². The van der Waals surface area contributed by atoms with Gasteiger partial charge in [0, 0.05) is 0 Å². The van der Waals surface area contributed by atoms with Gasteiger partial charge in [0.1, 0.15) is 11.8 Å². The van der Waals surface area contributed by atoms with Crippen molar-refractivity contribution in [2.45, 2.75) is 25.3 Å². The molecule has 0 aliphatic carbocycles. The van der Waals surface area contributed by atoms with Crippen molar-refractivity contribution in [2.75, 3.05) is 13.7 Å². The molecule has 1 aromatic rings. The third-order valence-electron chi connectivity index (χ3n) is 2.59. The zero-order chi connectivity index (χ0) is 14.6. The van der Waals surface area contributed by atoms with Crippen LogP contribution in [0.3, 0.4) is 0 Å². The maximum atomic E-state index is 13.5. The predicted molar refractivity (Wildman–Crippen MR) is 65.4 cm³/mol. The number of alkyl halides is 4. The van der Waals surface area contributed by atoms with Crippen LogP contribution in [-0.2, 0) is 0 Å². The van der Waals surface area contributed by atoms with E-state index < -0.39 is 18.4 Å². The van der Waals surface area contributed by atoms with Crippen molar-refractivity contribution in [1.82, 2.24) is 5.32 Å². The first-order chi connectivity index (χ1) is 8.84. The van der Waals surface area contributed by atoms with Crippen LogP contribution in [0.2, 0.25) is 5.02 Å². The molecule has 0 aliphatic heterocycles. The van der Waals surface area contributed by atoms with Crippen LogP contribution in [0.25, 0.3) is 0 Å². The molecule has 0 fully saturated rings. The molecule has 1 N–H and O–H groups in total. The first kappa shape index (κ1) is 16.0. The summed E-state index contributed by atoms with van der Waals surface area (Å²) in [6.45, 7) is 1.68. The molecule has 0 radical (unpaired) electrons. The molecule has 2 nitrogen and oxygen atoms in total. The van der Waals surface area contributed by atoms with Crippen LogP contribution in [0.4, 0.5) is 17.6 Å². The van der Waals surface area contributed by atoms with E-state index in [2.05, 4.69) is 5.32 Å². The summed E-state index contributed by atoms with van der Waals surface area (Å²) in [7, 11) is 1.37. The maximum Gasteiger partial charge on any atom is 0.326 e. The molecule has 7 heteroatoms. The van der Waals surface area contributed by atoms with E-state index in [4.69, 9.17) is 16.3 Å². The highest BCUT2D eigenvalue weighted by atomic mass is 35.5. The Balaban J connectivity index is 3.16. The molecule has 1 atom stereocenters. The number of ether oxygens (including phenoxy) is 1.